The highest BCUT2D eigenvalue weighted by Gasteiger charge is 2.22. The summed E-state index contributed by atoms with van der Waals surface area (Å²) in [6, 6.07) is 12.2. The van der Waals surface area contributed by atoms with Gasteiger partial charge in [0.2, 0.25) is 10.0 Å². The van der Waals surface area contributed by atoms with Crippen molar-refractivity contribution in [2.45, 2.75) is 17.9 Å². The molecule has 0 radical (unpaired) electrons. The second kappa shape index (κ2) is 8.85. The second-order valence-electron chi connectivity index (χ2n) is 6.08. The van der Waals surface area contributed by atoms with Crippen molar-refractivity contribution in [3.63, 3.8) is 0 Å². The number of esters is 1. The van der Waals surface area contributed by atoms with Crippen molar-refractivity contribution in [2.24, 2.45) is 0 Å². The molecule has 0 aliphatic rings. The highest BCUT2D eigenvalue weighted by Crippen LogP contribution is 2.18. The number of ether oxygens (including phenoxy) is 2. The zero-order chi connectivity index (χ0) is 20.9. The van der Waals surface area contributed by atoms with Gasteiger partial charge in [0.1, 0.15) is 5.75 Å². The van der Waals surface area contributed by atoms with Gasteiger partial charge in [0.15, 0.2) is 6.10 Å². The Kier molecular flexibility index (Phi) is 6.76. The van der Waals surface area contributed by atoms with Gasteiger partial charge in [-0.15, -0.1) is 0 Å². The van der Waals surface area contributed by atoms with Gasteiger partial charge >= 0.3 is 5.97 Å². The Morgan fingerprint density at radius 3 is 2.39 bits per heavy atom. The number of nitrogens with zero attached hydrogens (tertiary/aromatic N) is 1. The number of sulfonamides is 1. The number of benzene rings is 2. The van der Waals surface area contributed by atoms with Crippen LogP contribution in [0.15, 0.2) is 53.4 Å². The Morgan fingerprint density at radius 2 is 1.75 bits per heavy atom. The van der Waals surface area contributed by atoms with E-state index in [2.05, 4.69) is 5.32 Å². The van der Waals surface area contributed by atoms with Gasteiger partial charge in [0.25, 0.3) is 5.91 Å². The normalized spacial score (nSPS) is 12.3. The molecule has 0 heterocycles. The van der Waals surface area contributed by atoms with E-state index in [1.165, 1.54) is 52.4 Å². The molecule has 8 nitrogen and oxygen atoms in total. The Bertz CT molecular complexity index is 972. The number of anilines is 1. The largest absolute Gasteiger partial charge is 0.497 e. The number of hydrogen-bond donors (Lipinski definition) is 1. The fourth-order valence-corrected chi connectivity index (χ4v) is 3.17. The van der Waals surface area contributed by atoms with Crippen molar-refractivity contribution >= 4 is 27.6 Å². The maximum absolute atomic E-state index is 12.3. The van der Waals surface area contributed by atoms with Crippen LogP contribution >= 0.6 is 0 Å². The summed E-state index contributed by atoms with van der Waals surface area (Å²) in [5, 5.41) is 2.63. The molecule has 0 spiro atoms. The molecular weight excluding hydrogens is 384 g/mol. The molecule has 0 fully saturated rings. The summed E-state index contributed by atoms with van der Waals surface area (Å²) in [5.41, 5.74) is 0.523. The van der Waals surface area contributed by atoms with Gasteiger partial charge in [0, 0.05) is 25.8 Å². The molecule has 0 aromatic heterocycles. The van der Waals surface area contributed by atoms with Crippen molar-refractivity contribution in [3.8, 4) is 5.75 Å². The number of carbonyl (C=O) groups is 2. The minimum Gasteiger partial charge on any atom is -0.497 e. The zero-order valence-electron chi connectivity index (χ0n) is 16.0. The molecule has 0 saturated heterocycles. The van der Waals surface area contributed by atoms with E-state index in [0.29, 0.717) is 11.4 Å². The maximum atomic E-state index is 12.3. The molecule has 0 aliphatic heterocycles. The Morgan fingerprint density at radius 1 is 1.07 bits per heavy atom. The average molecular weight is 406 g/mol. The minimum absolute atomic E-state index is 0.0314. The molecule has 1 amide bonds. The first-order chi connectivity index (χ1) is 13.1. The lowest BCUT2D eigenvalue weighted by Gasteiger charge is -2.15. The van der Waals surface area contributed by atoms with E-state index in [4.69, 9.17) is 9.47 Å². The number of nitrogens with one attached hydrogen (secondary N) is 1. The maximum Gasteiger partial charge on any atom is 0.338 e. The predicted molar refractivity (Wildman–Crippen MR) is 104 cm³/mol. The predicted octanol–water partition coefficient (Wildman–Crippen LogP) is 2.13. The highest BCUT2D eigenvalue weighted by atomic mass is 32.2. The summed E-state index contributed by atoms with van der Waals surface area (Å²) < 4.78 is 35.7. The summed E-state index contributed by atoms with van der Waals surface area (Å²) in [7, 11) is 0.608. The van der Waals surface area contributed by atoms with Crippen LogP contribution in [-0.4, -0.2) is 51.9 Å². The number of methoxy groups -OCH3 is 1. The molecular formula is C19H22N2O6S. The van der Waals surface area contributed by atoms with Gasteiger partial charge in [0.05, 0.1) is 17.6 Å². The van der Waals surface area contributed by atoms with Crippen molar-refractivity contribution in [2.75, 3.05) is 26.5 Å². The summed E-state index contributed by atoms with van der Waals surface area (Å²) in [6.45, 7) is 1.42. The fraction of sp³-hybridized carbons (Fsp3) is 0.263. The van der Waals surface area contributed by atoms with Crippen LogP contribution in [0.5, 0.6) is 5.75 Å². The van der Waals surface area contributed by atoms with Gasteiger partial charge in [-0.1, -0.05) is 12.1 Å². The molecule has 2 aromatic rings. The average Bonchev–Trinajstić information content (AvgIpc) is 2.67. The highest BCUT2D eigenvalue weighted by molar-refractivity contribution is 7.89. The van der Waals surface area contributed by atoms with Crippen molar-refractivity contribution in [3.05, 3.63) is 54.1 Å². The molecule has 1 atom stereocenters. The summed E-state index contributed by atoms with van der Waals surface area (Å²) in [5.74, 6) is -0.760. The van der Waals surface area contributed by atoms with Gasteiger partial charge in [-0.25, -0.2) is 17.5 Å². The van der Waals surface area contributed by atoms with Crippen LogP contribution in [0.3, 0.4) is 0 Å². The van der Waals surface area contributed by atoms with Gasteiger partial charge < -0.3 is 14.8 Å². The van der Waals surface area contributed by atoms with E-state index in [0.717, 1.165) is 4.31 Å². The SMILES string of the molecule is COc1cccc(NC(=O)[C@H](C)OC(=O)c2cccc(S(=O)(=O)N(C)C)c2)c1. The minimum atomic E-state index is -3.69. The Hall–Kier alpha value is -2.91. The third kappa shape index (κ3) is 5.08. The quantitative estimate of drug-likeness (QED) is 0.707. The van der Waals surface area contributed by atoms with Gasteiger partial charge in [-0.05, 0) is 37.3 Å². The smallest absolute Gasteiger partial charge is 0.338 e. The van der Waals surface area contributed by atoms with E-state index in [9.17, 15) is 18.0 Å². The Balaban J connectivity index is 2.08. The summed E-state index contributed by atoms with van der Waals surface area (Å²) in [6.07, 6.45) is -1.09. The van der Waals surface area contributed by atoms with Crippen molar-refractivity contribution in [1.29, 1.82) is 0 Å². The first kappa shape index (κ1) is 21.4. The van der Waals surface area contributed by atoms with Crippen LogP contribution in [0.1, 0.15) is 17.3 Å². The van der Waals surface area contributed by atoms with E-state index in [1.807, 2.05) is 0 Å². The zero-order valence-corrected chi connectivity index (χ0v) is 16.8. The monoisotopic (exact) mass is 406 g/mol. The molecule has 28 heavy (non-hydrogen) atoms. The first-order valence-corrected chi connectivity index (χ1v) is 9.77. The lowest BCUT2D eigenvalue weighted by atomic mass is 10.2. The van der Waals surface area contributed by atoms with Crippen molar-refractivity contribution in [1.82, 2.24) is 4.31 Å². The van der Waals surface area contributed by atoms with E-state index >= 15 is 0 Å². The second-order valence-corrected chi connectivity index (χ2v) is 8.24. The molecule has 9 heteroatoms. The molecule has 0 saturated carbocycles. The number of amides is 1. The van der Waals surface area contributed by atoms with Crippen molar-refractivity contribution < 1.29 is 27.5 Å². The van der Waals surface area contributed by atoms with Crippen LogP contribution < -0.4 is 10.1 Å². The fourth-order valence-electron chi connectivity index (χ4n) is 2.22. The standard InChI is InChI=1S/C19H22N2O6S/c1-13(18(22)20-15-8-6-9-16(12-15)26-4)27-19(23)14-7-5-10-17(11-14)28(24,25)21(2)3/h5-13H,1-4H3,(H,20,22)/t13-/m0/s1. The lowest BCUT2D eigenvalue weighted by Crippen LogP contribution is -2.30. The van der Waals surface area contributed by atoms with Crippen LogP contribution in [0, 0.1) is 0 Å². The molecule has 2 rings (SSSR count). The van der Waals surface area contributed by atoms with Gasteiger partial charge in [-0.2, -0.15) is 0 Å². The summed E-state index contributed by atoms with van der Waals surface area (Å²) in [4.78, 5) is 24.6. The first-order valence-electron chi connectivity index (χ1n) is 8.33. The third-order valence-electron chi connectivity index (χ3n) is 3.84. The molecule has 150 valence electrons. The van der Waals surface area contributed by atoms with E-state index in [1.54, 1.807) is 24.3 Å². The van der Waals surface area contributed by atoms with Crippen LogP contribution in [0.2, 0.25) is 0 Å². The van der Waals surface area contributed by atoms with Crippen LogP contribution in [0.25, 0.3) is 0 Å². The van der Waals surface area contributed by atoms with E-state index < -0.39 is 28.0 Å². The molecule has 0 unspecified atom stereocenters. The molecule has 0 aliphatic carbocycles. The number of rotatable bonds is 7. The van der Waals surface area contributed by atoms with Crippen LogP contribution in [-0.2, 0) is 19.6 Å². The molecule has 0 bridgehead atoms. The summed E-state index contributed by atoms with van der Waals surface area (Å²) >= 11 is 0. The van der Waals surface area contributed by atoms with E-state index in [-0.39, 0.29) is 10.5 Å². The third-order valence-corrected chi connectivity index (χ3v) is 5.65. The lowest BCUT2D eigenvalue weighted by molar-refractivity contribution is -0.123. The molecule has 1 N–H and O–H groups in total. The number of carbonyl (C=O) groups excluding carboxylic acids is 2. The van der Waals surface area contributed by atoms with Gasteiger partial charge in [-0.3, -0.25) is 4.79 Å². The number of hydrogen-bond acceptors (Lipinski definition) is 6. The topological polar surface area (TPSA) is 102 Å². The Labute approximate surface area is 164 Å². The molecule has 2 aromatic carbocycles. The van der Waals surface area contributed by atoms with Crippen LogP contribution in [0.4, 0.5) is 5.69 Å².